The number of aliphatic hydroxyl groups is 1. The quantitative estimate of drug-likeness (QED) is 0.678. The van der Waals surface area contributed by atoms with Gasteiger partial charge in [0, 0.05) is 12.6 Å². The molecule has 1 heterocycles. The Labute approximate surface area is 104 Å². The third kappa shape index (κ3) is 2.96. The predicted molar refractivity (Wildman–Crippen MR) is 64.0 cm³/mol. The molecule has 1 aromatic heterocycles. The molecule has 1 aliphatic rings. The summed E-state index contributed by atoms with van der Waals surface area (Å²) in [6.07, 6.45) is 2.20. The summed E-state index contributed by atoms with van der Waals surface area (Å²) in [4.78, 5) is 8.18. The summed E-state index contributed by atoms with van der Waals surface area (Å²) in [5.41, 5.74) is 0.196. The van der Waals surface area contributed by atoms with Crippen LogP contribution in [0.15, 0.2) is 0 Å². The highest BCUT2D eigenvalue weighted by atomic mass is 35.5. The molecule has 0 radical (unpaired) electrons. The zero-order chi connectivity index (χ0) is 12.3. The zero-order valence-corrected chi connectivity index (χ0v) is 9.83. The topological polar surface area (TPSA) is 93.9 Å². The van der Waals surface area contributed by atoms with Crippen molar-refractivity contribution in [3.8, 4) is 6.07 Å². The van der Waals surface area contributed by atoms with E-state index in [1.54, 1.807) is 0 Å². The summed E-state index contributed by atoms with van der Waals surface area (Å²) >= 11 is 5.90. The highest BCUT2D eigenvalue weighted by Crippen LogP contribution is 2.26. The van der Waals surface area contributed by atoms with Crippen molar-refractivity contribution in [2.45, 2.75) is 18.9 Å². The molecule has 1 fully saturated rings. The van der Waals surface area contributed by atoms with Crippen LogP contribution in [0.3, 0.4) is 0 Å². The molecule has 6 nitrogen and oxygen atoms in total. The lowest BCUT2D eigenvalue weighted by atomic mass is 10.3. The SMILES string of the molecule is N#Cc1c(Cl)nc(NC2CC2)nc1NCCO. The molecule has 0 saturated heterocycles. The van der Waals surface area contributed by atoms with Gasteiger partial charge in [0.15, 0.2) is 11.0 Å². The van der Waals surface area contributed by atoms with Crippen LogP contribution in [0, 0.1) is 11.3 Å². The second kappa shape index (κ2) is 5.17. The van der Waals surface area contributed by atoms with E-state index >= 15 is 0 Å². The van der Waals surface area contributed by atoms with Crippen molar-refractivity contribution in [2.24, 2.45) is 0 Å². The highest BCUT2D eigenvalue weighted by molar-refractivity contribution is 6.31. The van der Waals surface area contributed by atoms with Gasteiger partial charge in [0.05, 0.1) is 6.61 Å². The van der Waals surface area contributed by atoms with E-state index in [1.807, 2.05) is 6.07 Å². The number of halogens is 1. The minimum atomic E-state index is -0.0438. The fraction of sp³-hybridized carbons (Fsp3) is 0.500. The Bertz CT molecular complexity index is 455. The van der Waals surface area contributed by atoms with Crippen LogP contribution in [0.2, 0.25) is 5.15 Å². The number of hydrogen-bond acceptors (Lipinski definition) is 6. The zero-order valence-electron chi connectivity index (χ0n) is 9.07. The van der Waals surface area contributed by atoms with Gasteiger partial charge in [-0.05, 0) is 12.8 Å². The number of nitrogens with zero attached hydrogens (tertiary/aromatic N) is 3. The third-order valence-corrected chi connectivity index (χ3v) is 2.56. The first-order valence-electron chi connectivity index (χ1n) is 5.33. The van der Waals surface area contributed by atoms with Crippen molar-refractivity contribution in [1.82, 2.24) is 9.97 Å². The summed E-state index contributed by atoms with van der Waals surface area (Å²) in [7, 11) is 0. The van der Waals surface area contributed by atoms with E-state index in [9.17, 15) is 0 Å². The van der Waals surface area contributed by atoms with E-state index in [0.29, 0.717) is 24.4 Å². The molecule has 0 atom stereocenters. The minimum absolute atomic E-state index is 0.0438. The van der Waals surface area contributed by atoms with Gasteiger partial charge < -0.3 is 15.7 Å². The fourth-order valence-electron chi connectivity index (χ4n) is 1.31. The van der Waals surface area contributed by atoms with Gasteiger partial charge in [-0.3, -0.25) is 0 Å². The smallest absolute Gasteiger partial charge is 0.226 e. The van der Waals surface area contributed by atoms with Crippen LogP contribution in [0.5, 0.6) is 0 Å². The number of nitriles is 1. The van der Waals surface area contributed by atoms with Crippen molar-refractivity contribution in [1.29, 1.82) is 5.26 Å². The van der Waals surface area contributed by atoms with Crippen molar-refractivity contribution < 1.29 is 5.11 Å². The molecular formula is C10H12ClN5O. The lowest BCUT2D eigenvalue weighted by Crippen LogP contribution is -2.12. The maximum absolute atomic E-state index is 8.95. The summed E-state index contributed by atoms with van der Waals surface area (Å²) in [6, 6.07) is 2.35. The van der Waals surface area contributed by atoms with Crippen LogP contribution in [0.4, 0.5) is 11.8 Å². The normalized spacial score (nSPS) is 14.2. The molecule has 1 aliphatic carbocycles. The van der Waals surface area contributed by atoms with E-state index in [4.69, 9.17) is 22.0 Å². The summed E-state index contributed by atoms with van der Waals surface area (Å²) in [5, 5.41) is 23.8. The standard InChI is InChI=1S/C10H12ClN5O/c11-8-7(5-12)9(13-3-4-17)16-10(15-8)14-6-1-2-6/h6,17H,1-4H2,(H2,13,14,15,16). The molecular weight excluding hydrogens is 242 g/mol. The molecule has 0 amide bonds. The molecule has 3 N–H and O–H groups in total. The average Bonchev–Trinajstić information content (AvgIpc) is 3.10. The Balaban J connectivity index is 2.24. The van der Waals surface area contributed by atoms with E-state index in [0.717, 1.165) is 12.8 Å². The van der Waals surface area contributed by atoms with Crippen LogP contribution in [-0.4, -0.2) is 34.3 Å². The molecule has 1 aromatic rings. The van der Waals surface area contributed by atoms with Crippen LogP contribution in [0.25, 0.3) is 0 Å². The first-order valence-corrected chi connectivity index (χ1v) is 5.71. The molecule has 0 unspecified atom stereocenters. The molecule has 0 aliphatic heterocycles. The monoisotopic (exact) mass is 253 g/mol. The van der Waals surface area contributed by atoms with Crippen molar-refractivity contribution in [3.63, 3.8) is 0 Å². The van der Waals surface area contributed by atoms with Gasteiger partial charge in [0.1, 0.15) is 11.6 Å². The lowest BCUT2D eigenvalue weighted by molar-refractivity contribution is 0.311. The molecule has 1 saturated carbocycles. The van der Waals surface area contributed by atoms with Gasteiger partial charge in [-0.15, -0.1) is 0 Å². The second-order valence-corrected chi connectivity index (χ2v) is 4.10. The summed E-state index contributed by atoms with van der Waals surface area (Å²) in [6.45, 7) is 0.267. The van der Waals surface area contributed by atoms with Gasteiger partial charge >= 0.3 is 0 Å². The van der Waals surface area contributed by atoms with Gasteiger partial charge in [-0.2, -0.15) is 15.2 Å². The first-order chi connectivity index (χ1) is 8.24. The maximum atomic E-state index is 8.95. The Hall–Kier alpha value is -1.58. The van der Waals surface area contributed by atoms with Gasteiger partial charge in [-0.25, -0.2) is 0 Å². The van der Waals surface area contributed by atoms with Gasteiger partial charge in [0.25, 0.3) is 0 Å². The minimum Gasteiger partial charge on any atom is -0.395 e. The number of nitrogens with one attached hydrogen (secondary N) is 2. The molecule has 7 heteroatoms. The first kappa shape index (κ1) is 11.9. The number of hydrogen-bond donors (Lipinski definition) is 3. The van der Waals surface area contributed by atoms with Gasteiger partial charge in [0.2, 0.25) is 5.95 Å². The Morgan fingerprint density at radius 2 is 2.24 bits per heavy atom. The predicted octanol–water partition coefficient (Wildman–Crippen LogP) is 0.980. The van der Waals surface area contributed by atoms with E-state index in [1.165, 1.54) is 0 Å². The summed E-state index contributed by atoms with van der Waals surface area (Å²) < 4.78 is 0. The van der Waals surface area contributed by atoms with Crippen LogP contribution >= 0.6 is 11.6 Å². The number of aliphatic hydroxyl groups excluding tert-OH is 1. The van der Waals surface area contributed by atoms with Crippen LogP contribution in [-0.2, 0) is 0 Å². The van der Waals surface area contributed by atoms with Crippen LogP contribution in [0.1, 0.15) is 18.4 Å². The average molecular weight is 254 g/mol. The second-order valence-electron chi connectivity index (χ2n) is 3.74. The van der Waals surface area contributed by atoms with Crippen molar-refractivity contribution in [2.75, 3.05) is 23.8 Å². The van der Waals surface area contributed by atoms with E-state index in [-0.39, 0.29) is 17.3 Å². The van der Waals surface area contributed by atoms with E-state index < -0.39 is 0 Å². The van der Waals surface area contributed by atoms with Crippen molar-refractivity contribution in [3.05, 3.63) is 10.7 Å². The molecule has 0 aromatic carbocycles. The molecule has 90 valence electrons. The largest absolute Gasteiger partial charge is 0.395 e. The maximum Gasteiger partial charge on any atom is 0.226 e. The molecule has 2 rings (SSSR count). The van der Waals surface area contributed by atoms with Crippen molar-refractivity contribution >= 4 is 23.4 Å². The Morgan fingerprint density at radius 3 is 2.82 bits per heavy atom. The fourth-order valence-corrected chi connectivity index (χ4v) is 1.52. The molecule has 17 heavy (non-hydrogen) atoms. The Kier molecular flexibility index (Phi) is 3.61. The summed E-state index contributed by atoms with van der Waals surface area (Å²) in [5.74, 6) is 0.765. The number of rotatable bonds is 5. The number of anilines is 2. The van der Waals surface area contributed by atoms with E-state index in [2.05, 4.69) is 20.6 Å². The third-order valence-electron chi connectivity index (χ3n) is 2.29. The highest BCUT2D eigenvalue weighted by Gasteiger charge is 2.23. The Morgan fingerprint density at radius 1 is 1.47 bits per heavy atom. The van der Waals surface area contributed by atoms with Gasteiger partial charge in [-0.1, -0.05) is 11.6 Å². The lowest BCUT2D eigenvalue weighted by Gasteiger charge is -2.09. The molecule has 0 spiro atoms. The number of aromatic nitrogens is 2. The van der Waals surface area contributed by atoms with Crippen LogP contribution < -0.4 is 10.6 Å². The molecule has 0 bridgehead atoms.